The number of nitrogens with one attached hydrogen (secondary N) is 2. The minimum Gasteiger partial charge on any atom is -0.493 e. The van der Waals surface area contributed by atoms with E-state index in [4.69, 9.17) is 9.47 Å². The molecule has 0 saturated carbocycles. The van der Waals surface area contributed by atoms with Crippen LogP contribution in [0.1, 0.15) is 31.2 Å². The summed E-state index contributed by atoms with van der Waals surface area (Å²) in [7, 11) is 2.98. The molecule has 0 radical (unpaired) electrons. The molecular weight excluding hydrogens is 398 g/mol. The SMILES string of the molecule is COc1cc2[nH]c(=O)n(CCCCCC(=O)NCc3ccccc3)c(=O)c2cc1OC. The number of hydrogen-bond donors (Lipinski definition) is 2. The third-order valence-electron chi connectivity index (χ3n) is 5.10. The van der Waals surface area contributed by atoms with E-state index in [-0.39, 0.29) is 18.0 Å². The Balaban J connectivity index is 1.54. The number of fused-ring (bicyclic) bond motifs is 1. The molecule has 0 bridgehead atoms. The first-order valence-corrected chi connectivity index (χ1v) is 10.2. The van der Waals surface area contributed by atoms with Crippen LogP contribution in [0.2, 0.25) is 0 Å². The molecule has 2 N–H and O–H groups in total. The van der Waals surface area contributed by atoms with Crippen molar-refractivity contribution >= 4 is 16.8 Å². The predicted molar refractivity (Wildman–Crippen MR) is 119 cm³/mol. The van der Waals surface area contributed by atoms with Crippen molar-refractivity contribution in [3.63, 3.8) is 0 Å². The monoisotopic (exact) mass is 425 g/mol. The molecule has 0 aliphatic heterocycles. The number of benzene rings is 2. The van der Waals surface area contributed by atoms with E-state index in [2.05, 4.69) is 10.3 Å². The van der Waals surface area contributed by atoms with Gasteiger partial charge in [-0.3, -0.25) is 14.2 Å². The second-order valence-electron chi connectivity index (χ2n) is 7.21. The Bertz CT molecular complexity index is 1150. The summed E-state index contributed by atoms with van der Waals surface area (Å²) in [6, 6.07) is 12.9. The molecule has 2 aromatic carbocycles. The van der Waals surface area contributed by atoms with E-state index in [1.165, 1.54) is 18.8 Å². The van der Waals surface area contributed by atoms with Crippen LogP contribution < -0.4 is 26.0 Å². The van der Waals surface area contributed by atoms with Gasteiger partial charge in [0, 0.05) is 25.6 Å². The van der Waals surface area contributed by atoms with Gasteiger partial charge in [0.15, 0.2) is 11.5 Å². The highest BCUT2D eigenvalue weighted by Gasteiger charge is 2.12. The van der Waals surface area contributed by atoms with E-state index in [9.17, 15) is 14.4 Å². The van der Waals surface area contributed by atoms with E-state index in [0.717, 1.165) is 12.0 Å². The van der Waals surface area contributed by atoms with E-state index in [1.54, 1.807) is 12.1 Å². The summed E-state index contributed by atoms with van der Waals surface area (Å²) < 4.78 is 11.7. The molecule has 3 aromatic rings. The van der Waals surface area contributed by atoms with Gasteiger partial charge in [0.05, 0.1) is 25.1 Å². The van der Waals surface area contributed by atoms with Crippen molar-refractivity contribution in [1.82, 2.24) is 14.9 Å². The van der Waals surface area contributed by atoms with Gasteiger partial charge in [0.1, 0.15) is 0 Å². The van der Waals surface area contributed by atoms with Crippen LogP contribution in [0, 0.1) is 0 Å². The second-order valence-corrected chi connectivity index (χ2v) is 7.21. The van der Waals surface area contributed by atoms with E-state index < -0.39 is 5.69 Å². The quantitative estimate of drug-likeness (QED) is 0.486. The summed E-state index contributed by atoms with van der Waals surface area (Å²) in [6.07, 6.45) is 2.45. The fraction of sp³-hybridized carbons (Fsp3) is 0.348. The van der Waals surface area contributed by atoms with Crippen molar-refractivity contribution in [1.29, 1.82) is 0 Å². The highest BCUT2D eigenvalue weighted by molar-refractivity contribution is 5.81. The van der Waals surface area contributed by atoms with Crippen LogP contribution in [-0.2, 0) is 17.9 Å². The van der Waals surface area contributed by atoms with E-state index in [0.29, 0.717) is 48.2 Å². The van der Waals surface area contributed by atoms with Gasteiger partial charge in [0.2, 0.25) is 5.91 Å². The zero-order valence-electron chi connectivity index (χ0n) is 17.8. The fourth-order valence-corrected chi connectivity index (χ4v) is 3.40. The van der Waals surface area contributed by atoms with E-state index in [1.807, 2.05) is 30.3 Å². The van der Waals surface area contributed by atoms with E-state index >= 15 is 0 Å². The van der Waals surface area contributed by atoms with Crippen LogP contribution in [0.5, 0.6) is 11.5 Å². The van der Waals surface area contributed by atoms with Crippen molar-refractivity contribution in [3.8, 4) is 11.5 Å². The van der Waals surface area contributed by atoms with Crippen LogP contribution in [0.4, 0.5) is 0 Å². The van der Waals surface area contributed by atoms with Gasteiger partial charge in [-0.1, -0.05) is 36.8 Å². The maximum absolute atomic E-state index is 12.8. The van der Waals surface area contributed by atoms with Crippen LogP contribution in [0.15, 0.2) is 52.1 Å². The molecule has 0 aliphatic rings. The maximum atomic E-state index is 12.8. The minimum absolute atomic E-state index is 0.00869. The Kier molecular flexibility index (Phi) is 7.48. The summed E-state index contributed by atoms with van der Waals surface area (Å²) in [4.78, 5) is 39.9. The zero-order valence-corrected chi connectivity index (χ0v) is 17.8. The van der Waals surface area contributed by atoms with Gasteiger partial charge < -0.3 is 19.8 Å². The summed E-state index contributed by atoms with van der Waals surface area (Å²) >= 11 is 0. The van der Waals surface area contributed by atoms with Gasteiger partial charge in [-0.25, -0.2) is 4.79 Å². The third kappa shape index (κ3) is 5.53. The summed E-state index contributed by atoms with van der Waals surface area (Å²) in [6.45, 7) is 0.792. The number of H-pyrrole nitrogens is 1. The molecule has 0 fully saturated rings. The van der Waals surface area contributed by atoms with Crippen LogP contribution in [0.25, 0.3) is 10.9 Å². The molecule has 1 aromatic heterocycles. The number of methoxy groups -OCH3 is 2. The zero-order chi connectivity index (χ0) is 22.2. The molecule has 8 heteroatoms. The Morgan fingerprint density at radius 3 is 2.42 bits per heavy atom. The molecular formula is C23H27N3O5. The molecule has 164 valence electrons. The van der Waals surface area contributed by atoms with Gasteiger partial charge in [-0.15, -0.1) is 0 Å². The normalized spacial score (nSPS) is 10.8. The van der Waals surface area contributed by atoms with Crippen molar-refractivity contribution in [2.24, 2.45) is 0 Å². The smallest absolute Gasteiger partial charge is 0.328 e. The number of carbonyl (C=O) groups is 1. The van der Waals surface area contributed by atoms with Crippen molar-refractivity contribution in [2.75, 3.05) is 14.2 Å². The number of carbonyl (C=O) groups excluding carboxylic acids is 1. The van der Waals surface area contributed by atoms with Crippen molar-refractivity contribution in [2.45, 2.75) is 38.8 Å². The van der Waals surface area contributed by atoms with Crippen molar-refractivity contribution in [3.05, 3.63) is 68.9 Å². The van der Waals surface area contributed by atoms with Crippen molar-refractivity contribution < 1.29 is 14.3 Å². The second kappa shape index (κ2) is 10.5. The molecule has 1 amide bonds. The topological polar surface area (TPSA) is 102 Å². The maximum Gasteiger partial charge on any atom is 0.328 e. The standard InChI is InChI=1S/C23H27N3O5/c1-30-19-13-17-18(14-20(19)31-2)25-23(29)26(22(17)28)12-8-4-7-11-21(27)24-15-16-9-5-3-6-10-16/h3,5-6,9-10,13-14H,4,7-8,11-12,15H2,1-2H3,(H,24,27)(H,25,29). The first kappa shape index (κ1) is 22.1. The molecule has 31 heavy (non-hydrogen) atoms. The number of amides is 1. The van der Waals surface area contributed by atoms with Gasteiger partial charge in [-0.2, -0.15) is 0 Å². The van der Waals surface area contributed by atoms with Gasteiger partial charge >= 0.3 is 5.69 Å². The summed E-state index contributed by atoms with van der Waals surface area (Å²) in [5, 5.41) is 3.25. The average molecular weight is 425 g/mol. The molecule has 0 saturated heterocycles. The summed E-state index contributed by atoms with van der Waals surface area (Å²) in [5.74, 6) is 0.853. The molecule has 0 atom stereocenters. The lowest BCUT2D eigenvalue weighted by Gasteiger charge is -2.11. The number of unbranched alkanes of at least 4 members (excludes halogenated alkanes) is 2. The Hall–Kier alpha value is -3.55. The predicted octanol–water partition coefficient (Wildman–Crippen LogP) is 2.58. The number of hydrogen-bond acceptors (Lipinski definition) is 5. The number of ether oxygens (including phenoxy) is 2. The molecule has 0 unspecified atom stereocenters. The molecule has 3 rings (SSSR count). The number of aromatic amines is 1. The Morgan fingerprint density at radius 2 is 1.71 bits per heavy atom. The lowest BCUT2D eigenvalue weighted by atomic mass is 10.1. The first-order valence-electron chi connectivity index (χ1n) is 10.2. The molecule has 1 heterocycles. The van der Waals surface area contributed by atoms with Crippen LogP contribution >= 0.6 is 0 Å². The Morgan fingerprint density at radius 1 is 1.00 bits per heavy atom. The largest absolute Gasteiger partial charge is 0.493 e. The summed E-state index contributed by atoms with van der Waals surface area (Å²) in [5.41, 5.74) is 0.615. The van der Waals surface area contributed by atoms with Gasteiger partial charge in [0.25, 0.3) is 5.56 Å². The molecule has 0 spiro atoms. The average Bonchev–Trinajstić information content (AvgIpc) is 2.79. The Labute approximate surface area is 179 Å². The number of nitrogens with zero attached hydrogens (tertiary/aromatic N) is 1. The highest BCUT2D eigenvalue weighted by Crippen LogP contribution is 2.29. The van der Waals surface area contributed by atoms with Gasteiger partial charge in [-0.05, 0) is 24.5 Å². The number of rotatable bonds is 10. The number of aromatic nitrogens is 2. The minimum atomic E-state index is -0.467. The molecule has 8 nitrogen and oxygen atoms in total. The fourth-order valence-electron chi connectivity index (χ4n) is 3.40. The first-order chi connectivity index (χ1) is 15.0. The van der Waals surface area contributed by atoms with Crippen LogP contribution in [-0.4, -0.2) is 29.7 Å². The van der Waals surface area contributed by atoms with Crippen LogP contribution in [0.3, 0.4) is 0 Å². The molecule has 0 aliphatic carbocycles. The lowest BCUT2D eigenvalue weighted by molar-refractivity contribution is -0.121. The highest BCUT2D eigenvalue weighted by atomic mass is 16.5. The lowest BCUT2D eigenvalue weighted by Crippen LogP contribution is -2.35. The third-order valence-corrected chi connectivity index (χ3v) is 5.10.